The smallest absolute Gasteiger partial charge is 0.311 e. The second-order valence-electron chi connectivity index (χ2n) is 6.68. The first-order chi connectivity index (χ1) is 9.65. The van der Waals surface area contributed by atoms with Crippen LogP contribution in [0, 0.1) is 17.3 Å². The number of carbonyl (C=O) groups is 1. The summed E-state index contributed by atoms with van der Waals surface area (Å²) in [5.74, 6) is 1.10. The van der Waals surface area contributed by atoms with Gasteiger partial charge in [0.2, 0.25) is 0 Å². The predicted molar refractivity (Wildman–Crippen MR) is 79.4 cm³/mol. The monoisotopic (exact) mass is 272 g/mol. The number of aryl methyl sites for hydroxylation is 1. The van der Waals surface area contributed by atoms with Gasteiger partial charge in [-0.05, 0) is 62.0 Å². The molecule has 0 saturated heterocycles. The molecule has 1 fully saturated rings. The van der Waals surface area contributed by atoms with Crippen LogP contribution in [-0.4, -0.2) is 13.1 Å². The Morgan fingerprint density at radius 2 is 2.00 bits per heavy atom. The molecule has 2 heteroatoms. The van der Waals surface area contributed by atoms with Crippen molar-refractivity contribution in [3.8, 4) is 0 Å². The minimum absolute atomic E-state index is 0.00171. The summed E-state index contributed by atoms with van der Waals surface area (Å²) in [6.07, 6.45) is 6.74. The number of rotatable bonds is 1. The van der Waals surface area contributed by atoms with Gasteiger partial charge in [-0.25, -0.2) is 0 Å². The van der Waals surface area contributed by atoms with E-state index in [1.54, 1.807) is 0 Å². The first-order valence-electron chi connectivity index (χ1n) is 7.80. The standard InChI is InChI=1S/C18H24O2/c1-18(17(19)20-2)11-5-8-15-12-14-7-4-3-6-13(14)9-10-16(15)18/h3-4,6-7,15-16H,5,8-12H2,1-2H3/t15-,16+,18+/m0/s1. The molecule has 2 aliphatic carbocycles. The molecule has 0 heterocycles. The molecule has 0 unspecified atom stereocenters. The number of methoxy groups -OCH3 is 1. The van der Waals surface area contributed by atoms with Crippen molar-refractivity contribution >= 4 is 5.97 Å². The molecule has 2 aliphatic rings. The van der Waals surface area contributed by atoms with E-state index in [2.05, 4.69) is 31.2 Å². The third-order valence-electron chi connectivity index (χ3n) is 5.64. The maximum atomic E-state index is 12.3. The van der Waals surface area contributed by atoms with Crippen LogP contribution in [0.4, 0.5) is 0 Å². The molecule has 108 valence electrons. The zero-order valence-electron chi connectivity index (χ0n) is 12.5. The maximum Gasteiger partial charge on any atom is 0.311 e. The molecule has 3 rings (SSSR count). The SMILES string of the molecule is COC(=O)[C@]1(C)CCC[C@H]2Cc3ccccc3CC[C@H]21. The fourth-order valence-corrected chi connectivity index (χ4v) is 4.52. The van der Waals surface area contributed by atoms with Gasteiger partial charge < -0.3 is 4.74 Å². The zero-order chi connectivity index (χ0) is 14.2. The van der Waals surface area contributed by atoms with Gasteiger partial charge >= 0.3 is 5.97 Å². The highest BCUT2D eigenvalue weighted by molar-refractivity contribution is 5.77. The van der Waals surface area contributed by atoms with Crippen molar-refractivity contribution in [2.24, 2.45) is 17.3 Å². The minimum Gasteiger partial charge on any atom is -0.469 e. The third kappa shape index (κ3) is 2.15. The van der Waals surface area contributed by atoms with E-state index in [0.29, 0.717) is 11.8 Å². The average Bonchev–Trinajstić information content (AvgIpc) is 2.66. The molecule has 0 amide bonds. The number of carbonyl (C=O) groups excluding carboxylic acids is 1. The van der Waals surface area contributed by atoms with Gasteiger partial charge in [-0.1, -0.05) is 30.7 Å². The third-order valence-corrected chi connectivity index (χ3v) is 5.64. The quantitative estimate of drug-likeness (QED) is 0.727. The molecule has 0 radical (unpaired) electrons. The maximum absolute atomic E-state index is 12.3. The van der Waals surface area contributed by atoms with E-state index in [1.807, 2.05) is 0 Å². The molecule has 2 nitrogen and oxygen atoms in total. The summed E-state index contributed by atoms with van der Waals surface area (Å²) in [7, 11) is 1.53. The Bertz CT molecular complexity index is 508. The topological polar surface area (TPSA) is 26.3 Å². The minimum atomic E-state index is -0.278. The molecular weight excluding hydrogens is 248 g/mol. The van der Waals surface area contributed by atoms with E-state index in [0.717, 1.165) is 32.1 Å². The normalized spacial score (nSPS) is 32.7. The van der Waals surface area contributed by atoms with Gasteiger partial charge in [0, 0.05) is 0 Å². The Morgan fingerprint density at radius 1 is 1.25 bits per heavy atom. The highest BCUT2D eigenvalue weighted by Gasteiger charge is 2.48. The van der Waals surface area contributed by atoms with E-state index < -0.39 is 0 Å². The Morgan fingerprint density at radius 3 is 2.75 bits per heavy atom. The van der Waals surface area contributed by atoms with Gasteiger partial charge in [0.1, 0.15) is 0 Å². The van der Waals surface area contributed by atoms with Crippen LogP contribution in [-0.2, 0) is 22.4 Å². The molecule has 0 aromatic heterocycles. The highest BCUT2D eigenvalue weighted by Crippen LogP contribution is 2.49. The number of benzene rings is 1. The first kappa shape index (κ1) is 13.7. The van der Waals surface area contributed by atoms with E-state index in [-0.39, 0.29) is 11.4 Å². The van der Waals surface area contributed by atoms with Crippen molar-refractivity contribution in [2.75, 3.05) is 7.11 Å². The Kier molecular flexibility index (Phi) is 3.57. The van der Waals surface area contributed by atoms with Crippen molar-refractivity contribution in [2.45, 2.75) is 45.4 Å². The molecule has 1 aromatic carbocycles. The number of fused-ring (bicyclic) bond motifs is 2. The summed E-state index contributed by atoms with van der Waals surface area (Å²) < 4.78 is 5.12. The fraction of sp³-hybridized carbons (Fsp3) is 0.611. The summed E-state index contributed by atoms with van der Waals surface area (Å²) in [5.41, 5.74) is 2.70. The van der Waals surface area contributed by atoms with Gasteiger partial charge in [-0.2, -0.15) is 0 Å². The molecule has 0 aliphatic heterocycles. The lowest BCUT2D eigenvalue weighted by molar-refractivity contribution is -0.160. The lowest BCUT2D eigenvalue weighted by Gasteiger charge is -2.43. The Labute approximate surface area is 121 Å². The average molecular weight is 272 g/mol. The van der Waals surface area contributed by atoms with Crippen molar-refractivity contribution in [1.82, 2.24) is 0 Å². The molecule has 0 spiro atoms. The van der Waals surface area contributed by atoms with Crippen LogP contribution in [0.15, 0.2) is 24.3 Å². The summed E-state index contributed by atoms with van der Waals surface area (Å²) in [6, 6.07) is 8.79. The second kappa shape index (κ2) is 5.23. The van der Waals surface area contributed by atoms with Gasteiger partial charge in [0.15, 0.2) is 0 Å². The lowest BCUT2D eigenvalue weighted by Crippen LogP contribution is -2.44. The lowest BCUT2D eigenvalue weighted by atomic mass is 9.60. The molecule has 20 heavy (non-hydrogen) atoms. The second-order valence-corrected chi connectivity index (χ2v) is 6.68. The molecule has 3 atom stereocenters. The van der Waals surface area contributed by atoms with Crippen LogP contribution in [0.2, 0.25) is 0 Å². The molecule has 1 saturated carbocycles. The summed E-state index contributed by atoms with van der Waals surface area (Å²) in [4.78, 5) is 12.3. The molecule has 0 bridgehead atoms. The number of hydrogen-bond donors (Lipinski definition) is 0. The van der Waals surface area contributed by atoms with Crippen LogP contribution < -0.4 is 0 Å². The molecular formula is C18H24O2. The summed E-state index contributed by atoms with van der Waals surface area (Å²) in [6.45, 7) is 2.13. The van der Waals surface area contributed by atoms with Gasteiger partial charge in [0.05, 0.1) is 12.5 Å². The van der Waals surface area contributed by atoms with Crippen molar-refractivity contribution in [1.29, 1.82) is 0 Å². The number of esters is 1. The van der Waals surface area contributed by atoms with E-state index >= 15 is 0 Å². The predicted octanol–water partition coefficient (Wildman–Crippen LogP) is 3.77. The van der Waals surface area contributed by atoms with Crippen molar-refractivity contribution in [3.05, 3.63) is 35.4 Å². The van der Waals surface area contributed by atoms with Gasteiger partial charge in [-0.15, -0.1) is 0 Å². The summed E-state index contributed by atoms with van der Waals surface area (Å²) >= 11 is 0. The first-order valence-corrected chi connectivity index (χ1v) is 7.80. The number of ether oxygens (including phenoxy) is 1. The van der Waals surface area contributed by atoms with Crippen LogP contribution in [0.5, 0.6) is 0 Å². The largest absolute Gasteiger partial charge is 0.469 e. The van der Waals surface area contributed by atoms with E-state index in [1.165, 1.54) is 24.7 Å². The Hall–Kier alpha value is -1.31. The van der Waals surface area contributed by atoms with Crippen molar-refractivity contribution < 1.29 is 9.53 Å². The molecule has 0 N–H and O–H groups in total. The highest BCUT2D eigenvalue weighted by atomic mass is 16.5. The van der Waals surface area contributed by atoms with Crippen LogP contribution in [0.1, 0.15) is 43.7 Å². The van der Waals surface area contributed by atoms with Gasteiger partial charge in [-0.3, -0.25) is 4.79 Å². The number of hydrogen-bond acceptors (Lipinski definition) is 2. The van der Waals surface area contributed by atoms with Crippen LogP contribution in [0.25, 0.3) is 0 Å². The van der Waals surface area contributed by atoms with E-state index in [9.17, 15) is 4.79 Å². The zero-order valence-corrected chi connectivity index (χ0v) is 12.5. The summed E-state index contributed by atoms with van der Waals surface area (Å²) in [5, 5.41) is 0. The van der Waals surface area contributed by atoms with Crippen molar-refractivity contribution in [3.63, 3.8) is 0 Å². The van der Waals surface area contributed by atoms with E-state index in [4.69, 9.17) is 4.74 Å². The Balaban J connectivity index is 1.92. The van der Waals surface area contributed by atoms with Crippen LogP contribution in [0.3, 0.4) is 0 Å². The molecule has 1 aromatic rings. The van der Waals surface area contributed by atoms with Crippen LogP contribution >= 0.6 is 0 Å². The van der Waals surface area contributed by atoms with Gasteiger partial charge in [0.25, 0.3) is 0 Å². The fourth-order valence-electron chi connectivity index (χ4n) is 4.52.